The van der Waals surface area contributed by atoms with Crippen LogP contribution in [0.25, 0.3) is 12.2 Å². The Kier molecular flexibility index (Phi) is 4.07. The third-order valence-electron chi connectivity index (χ3n) is 6.70. The molecular formula is C28H22Si. The maximum absolute atomic E-state index is 2.50. The fraction of sp³-hybridized carbons (Fsp3) is 0.0714. The first-order valence-electron chi connectivity index (χ1n) is 10.3. The zero-order valence-electron chi connectivity index (χ0n) is 16.7. The molecule has 2 aromatic carbocycles. The lowest BCUT2D eigenvalue weighted by atomic mass is 9.81. The van der Waals surface area contributed by atoms with Gasteiger partial charge in [0.1, 0.15) is 0 Å². The van der Waals surface area contributed by atoms with Crippen LogP contribution in [0, 0.1) is 60.4 Å². The van der Waals surface area contributed by atoms with Crippen LogP contribution >= 0.6 is 0 Å². The Hall–Kier alpha value is -1.86. The van der Waals surface area contributed by atoms with Crippen molar-refractivity contribution in [1.29, 1.82) is 0 Å². The van der Waals surface area contributed by atoms with Crippen molar-refractivity contribution in [3.63, 3.8) is 0 Å². The molecule has 0 atom stereocenters. The minimum atomic E-state index is -1.85. The van der Waals surface area contributed by atoms with E-state index in [4.69, 9.17) is 0 Å². The Morgan fingerprint density at radius 2 is 0.931 bits per heavy atom. The number of hydrogen-bond acceptors (Lipinski definition) is 0. The van der Waals surface area contributed by atoms with Crippen LogP contribution in [0.2, 0.25) is 13.1 Å². The molecule has 1 heteroatoms. The predicted molar refractivity (Wildman–Crippen MR) is 123 cm³/mol. The van der Waals surface area contributed by atoms with Gasteiger partial charge in [-0.1, -0.05) is 85.9 Å². The van der Waals surface area contributed by atoms with E-state index in [1.165, 1.54) is 45.9 Å². The van der Waals surface area contributed by atoms with Crippen LogP contribution in [0.3, 0.4) is 0 Å². The van der Waals surface area contributed by atoms with Crippen LogP contribution in [0.4, 0.5) is 0 Å². The average Bonchev–Trinajstić information content (AvgIpc) is 3.39. The van der Waals surface area contributed by atoms with Gasteiger partial charge in [0, 0.05) is 23.7 Å². The highest BCUT2D eigenvalue weighted by Gasteiger charge is 2.55. The largest absolute Gasteiger partial charge is 0.0756 e. The Labute approximate surface area is 176 Å². The van der Waals surface area contributed by atoms with Crippen molar-refractivity contribution < 1.29 is 0 Å². The first kappa shape index (κ1) is 17.9. The fourth-order valence-electron chi connectivity index (χ4n) is 5.17. The summed E-state index contributed by atoms with van der Waals surface area (Å²) >= 11 is 0. The molecule has 0 saturated heterocycles. The van der Waals surface area contributed by atoms with Crippen LogP contribution in [0.1, 0.15) is 22.3 Å². The Morgan fingerprint density at radius 3 is 1.41 bits per heavy atom. The van der Waals surface area contributed by atoms with Crippen LogP contribution < -0.4 is 0 Å². The number of hydrogen-bond donors (Lipinski definition) is 0. The van der Waals surface area contributed by atoms with E-state index >= 15 is 0 Å². The molecule has 2 saturated carbocycles. The molecule has 0 nitrogen and oxygen atoms in total. The highest BCUT2D eigenvalue weighted by atomic mass is 28.3. The van der Waals surface area contributed by atoms with E-state index in [1.807, 2.05) is 0 Å². The molecule has 0 aromatic heterocycles. The van der Waals surface area contributed by atoms with Gasteiger partial charge in [0.25, 0.3) is 0 Å². The summed E-state index contributed by atoms with van der Waals surface area (Å²) in [6, 6.07) is 17.5. The zero-order chi connectivity index (χ0) is 19.6. The van der Waals surface area contributed by atoms with Gasteiger partial charge in [-0.25, -0.2) is 0 Å². The van der Waals surface area contributed by atoms with Gasteiger partial charge in [-0.2, -0.15) is 0 Å². The molecule has 4 aliphatic carbocycles. The molecule has 0 spiro atoms. The summed E-state index contributed by atoms with van der Waals surface area (Å²) in [5.41, 5.74) is 8.44. The second kappa shape index (κ2) is 6.57. The molecular weight excluding hydrogens is 364 g/mol. The third kappa shape index (κ3) is 2.63. The van der Waals surface area contributed by atoms with Crippen molar-refractivity contribution in [2.45, 2.75) is 13.1 Å². The van der Waals surface area contributed by atoms with E-state index in [1.54, 1.807) is 11.1 Å². The van der Waals surface area contributed by atoms with E-state index in [2.05, 4.69) is 112 Å². The Morgan fingerprint density at radius 1 is 0.483 bits per heavy atom. The number of benzene rings is 2. The molecule has 2 aromatic rings. The zero-order valence-corrected chi connectivity index (χ0v) is 17.7. The molecule has 6 rings (SSSR count). The second-order valence-electron chi connectivity index (χ2n) is 8.61. The minimum absolute atomic E-state index is 1.32. The van der Waals surface area contributed by atoms with Crippen molar-refractivity contribution in [3.05, 3.63) is 143 Å². The SMILES string of the molecule is C[Si](C)([C]1[CH][CH][C]2[C]1C=Cc1ccccc12)[C]1[CH][CH][C]2[C]1C=Cc1ccccc12. The molecule has 0 amide bonds. The van der Waals surface area contributed by atoms with Crippen LogP contribution in [0.5, 0.6) is 0 Å². The lowest BCUT2D eigenvalue weighted by molar-refractivity contribution is 1.11. The van der Waals surface area contributed by atoms with Crippen molar-refractivity contribution in [2.24, 2.45) is 0 Å². The van der Waals surface area contributed by atoms with Gasteiger partial charge in [0.15, 0.2) is 0 Å². The summed E-state index contributed by atoms with van der Waals surface area (Å²) in [6.07, 6.45) is 18.7. The van der Waals surface area contributed by atoms with Crippen LogP contribution in [-0.2, 0) is 0 Å². The summed E-state index contributed by atoms with van der Waals surface area (Å²) in [7, 11) is -1.85. The minimum Gasteiger partial charge on any atom is -0.0756 e. The molecule has 10 radical (unpaired) electrons. The number of allylic oxidation sites excluding steroid dienone is 2. The first-order chi connectivity index (χ1) is 14.1. The standard InChI is InChI=1S/C28H22Si/c1-29(2,27-17-15-23-21-9-5-3-7-19(21)11-13-25(23)27)28-18-16-24-22-10-6-4-8-20(22)12-14-26(24)28/h3-18H,1-2H3. The maximum atomic E-state index is 2.50. The topological polar surface area (TPSA) is 0 Å². The number of rotatable bonds is 2. The normalized spacial score (nSPS) is 23.2. The van der Waals surface area contributed by atoms with E-state index in [9.17, 15) is 0 Å². The van der Waals surface area contributed by atoms with Gasteiger partial charge >= 0.3 is 0 Å². The highest BCUT2D eigenvalue weighted by Crippen LogP contribution is 2.59. The van der Waals surface area contributed by atoms with Crippen molar-refractivity contribution in [1.82, 2.24) is 0 Å². The van der Waals surface area contributed by atoms with Gasteiger partial charge in [0.05, 0.1) is 8.07 Å². The summed E-state index contributed by atoms with van der Waals surface area (Å²) in [5.74, 6) is 5.63. The Balaban J connectivity index is 1.31. The van der Waals surface area contributed by atoms with Crippen molar-refractivity contribution in [3.8, 4) is 0 Å². The van der Waals surface area contributed by atoms with Gasteiger partial charge in [-0.15, -0.1) is 0 Å². The van der Waals surface area contributed by atoms with E-state index in [0.29, 0.717) is 0 Å². The van der Waals surface area contributed by atoms with Gasteiger partial charge in [0.2, 0.25) is 0 Å². The summed E-state index contributed by atoms with van der Waals surface area (Å²) in [5, 5.41) is 0. The lowest BCUT2D eigenvalue weighted by Crippen LogP contribution is -2.45. The maximum Gasteiger partial charge on any atom is 0.0635 e. The quantitative estimate of drug-likeness (QED) is 0.538. The van der Waals surface area contributed by atoms with E-state index < -0.39 is 8.07 Å². The van der Waals surface area contributed by atoms with Gasteiger partial charge < -0.3 is 0 Å². The van der Waals surface area contributed by atoms with Crippen LogP contribution in [-0.4, -0.2) is 8.07 Å². The molecule has 0 unspecified atom stereocenters. The first-order valence-corrected chi connectivity index (χ1v) is 13.3. The summed E-state index contributed by atoms with van der Waals surface area (Å²) in [4.78, 5) is 0. The molecule has 0 N–H and O–H groups in total. The molecule has 4 aliphatic rings. The molecule has 0 aliphatic heterocycles. The molecule has 29 heavy (non-hydrogen) atoms. The van der Waals surface area contributed by atoms with E-state index in [0.717, 1.165) is 0 Å². The van der Waals surface area contributed by atoms with Gasteiger partial charge in [-0.05, 0) is 59.0 Å². The van der Waals surface area contributed by atoms with Crippen molar-refractivity contribution >= 4 is 20.2 Å². The molecule has 0 bridgehead atoms. The molecule has 138 valence electrons. The lowest BCUT2D eigenvalue weighted by Gasteiger charge is -2.41. The van der Waals surface area contributed by atoms with Gasteiger partial charge in [-0.3, -0.25) is 0 Å². The second-order valence-corrected chi connectivity index (χ2v) is 12.9. The monoisotopic (exact) mass is 386 g/mol. The van der Waals surface area contributed by atoms with E-state index in [-0.39, 0.29) is 0 Å². The smallest absolute Gasteiger partial charge is 0.0635 e. The van der Waals surface area contributed by atoms with Crippen LogP contribution in [0.15, 0.2) is 60.7 Å². The summed E-state index contributed by atoms with van der Waals surface area (Å²) < 4.78 is 0. The van der Waals surface area contributed by atoms with Crippen molar-refractivity contribution in [2.75, 3.05) is 0 Å². The predicted octanol–water partition coefficient (Wildman–Crippen LogP) is 6.21. The fourth-order valence-corrected chi connectivity index (χ4v) is 8.24. The average molecular weight is 387 g/mol. The molecule has 2 fully saturated rings. The third-order valence-corrected chi connectivity index (χ3v) is 10.3. The molecule has 0 heterocycles. The summed E-state index contributed by atoms with van der Waals surface area (Å²) in [6.45, 7) is 5.00. The highest BCUT2D eigenvalue weighted by molar-refractivity contribution is 6.90. The Bertz CT molecular complexity index is 917. The number of fused-ring (bicyclic) bond motifs is 6.